The van der Waals surface area contributed by atoms with Crippen LogP contribution >= 0.6 is 23.6 Å². The number of ether oxygens (including phenoxy) is 1. The number of benzene rings is 1. The first kappa shape index (κ1) is 21.3. The zero-order valence-electron chi connectivity index (χ0n) is 16.7. The van der Waals surface area contributed by atoms with E-state index in [1.54, 1.807) is 35.6 Å². The maximum atomic E-state index is 12.5. The second-order valence-electron chi connectivity index (χ2n) is 7.49. The zero-order chi connectivity index (χ0) is 20.8. The molecule has 0 bridgehead atoms. The summed E-state index contributed by atoms with van der Waals surface area (Å²) in [5, 5.41) is 16.2. The molecule has 0 aliphatic heterocycles. The Hall–Kier alpha value is -2.43. The number of nitriles is 1. The first-order chi connectivity index (χ1) is 14.0. The van der Waals surface area contributed by atoms with Crippen LogP contribution in [0.15, 0.2) is 24.3 Å². The third-order valence-electron chi connectivity index (χ3n) is 4.82. The number of thiophene rings is 1. The summed E-state index contributed by atoms with van der Waals surface area (Å²) >= 11 is 6.86. The fourth-order valence-electron chi connectivity index (χ4n) is 3.20. The fraction of sp³-hybridized carbons (Fsp3) is 0.409. The smallest absolute Gasteiger partial charge is 0.257 e. The first-order valence-corrected chi connectivity index (χ1v) is 11.1. The molecule has 1 amide bonds. The number of carbonyl (C=O) groups is 1. The van der Waals surface area contributed by atoms with Crippen LogP contribution < -0.4 is 15.4 Å². The third-order valence-corrected chi connectivity index (χ3v) is 6.23. The van der Waals surface area contributed by atoms with Gasteiger partial charge in [0.05, 0.1) is 12.2 Å². The van der Waals surface area contributed by atoms with E-state index in [9.17, 15) is 10.1 Å². The van der Waals surface area contributed by atoms with Gasteiger partial charge in [-0.15, -0.1) is 11.3 Å². The molecule has 1 aromatic heterocycles. The molecule has 152 valence electrons. The molecule has 29 heavy (non-hydrogen) atoms. The van der Waals surface area contributed by atoms with Crippen molar-refractivity contribution in [3.63, 3.8) is 0 Å². The Bertz CT molecular complexity index is 927. The van der Waals surface area contributed by atoms with Crippen molar-refractivity contribution < 1.29 is 9.53 Å². The fourth-order valence-corrected chi connectivity index (χ4v) is 4.70. The quantitative estimate of drug-likeness (QED) is 0.631. The van der Waals surface area contributed by atoms with E-state index in [1.807, 2.05) is 0 Å². The van der Waals surface area contributed by atoms with Gasteiger partial charge in [-0.1, -0.05) is 13.8 Å². The number of hydrogen-bond acceptors (Lipinski definition) is 5. The molecule has 2 N–H and O–H groups in total. The Labute approximate surface area is 181 Å². The largest absolute Gasteiger partial charge is 0.494 e. The summed E-state index contributed by atoms with van der Waals surface area (Å²) in [5.41, 5.74) is 2.29. The van der Waals surface area contributed by atoms with E-state index in [1.165, 1.54) is 4.88 Å². The summed E-state index contributed by atoms with van der Waals surface area (Å²) in [4.78, 5) is 13.7. The number of rotatable bonds is 6. The van der Waals surface area contributed by atoms with Crippen LogP contribution in [0.3, 0.4) is 0 Å². The van der Waals surface area contributed by atoms with Crippen molar-refractivity contribution in [2.75, 3.05) is 11.9 Å². The summed E-state index contributed by atoms with van der Waals surface area (Å²) in [6, 6.07) is 9.29. The molecular formula is C22H25N3O2S2. The summed E-state index contributed by atoms with van der Waals surface area (Å²) < 4.78 is 5.68. The van der Waals surface area contributed by atoms with Crippen LogP contribution in [0.25, 0.3) is 0 Å². The zero-order valence-corrected chi connectivity index (χ0v) is 18.3. The van der Waals surface area contributed by atoms with Gasteiger partial charge >= 0.3 is 0 Å². The van der Waals surface area contributed by atoms with E-state index in [0.29, 0.717) is 23.7 Å². The summed E-state index contributed by atoms with van der Waals surface area (Å²) in [7, 11) is 0. The van der Waals surface area contributed by atoms with Crippen molar-refractivity contribution in [3.8, 4) is 11.8 Å². The predicted octanol–water partition coefficient (Wildman–Crippen LogP) is 5.05. The van der Waals surface area contributed by atoms with Crippen molar-refractivity contribution in [2.45, 2.75) is 46.0 Å². The lowest BCUT2D eigenvalue weighted by Crippen LogP contribution is -2.34. The summed E-state index contributed by atoms with van der Waals surface area (Å²) in [6.07, 6.45) is 5.17. The monoisotopic (exact) mass is 427 g/mol. The number of hydrogen-bond donors (Lipinski definition) is 2. The second kappa shape index (κ2) is 9.86. The number of thiocarbonyl (C=S) groups is 1. The highest BCUT2D eigenvalue weighted by atomic mass is 32.1. The Kier molecular flexibility index (Phi) is 7.24. The normalized spacial score (nSPS) is 12.8. The summed E-state index contributed by atoms with van der Waals surface area (Å²) in [5.74, 6) is 1.03. The molecule has 5 nitrogen and oxygen atoms in total. The van der Waals surface area contributed by atoms with Crippen LogP contribution in [0, 0.1) is 17.2 Å². The van der Waals surface area contributed by atoms with E-state index in [-0.39, 0.29) is 11.0 Å². The molecule has 0 fully saturated rings. The van der Waals surface area contributed by atoms with Crippen LogP contribution in [-0.2, 0) is 12.8 Å². The van der Waals surface area contributed by atoms with E-state index in [4.69, 9.17) is 17.0 Å². The molecule has 0 atom stereocenters. The number of aryl methyl sites for hydroxylation is 1. The molecule has 1 heterocycles. The maximum Gasteiger partial charge on any atom is 0.257 e. The van der Waals surface area contributed by atoms with Crippen molar-refractivity contribution in [1.29, 1.82) is 5.26 Å². The highest BCUT2D eigenvalue weighted by Crippen LogP contribution is 2.37. The number of anilines is 1. The minimum atomic E-state index is -0.295. The van der Waals surface area contributed by atoms with E-state index in [0.717, 1.165) is 48.4 Å². The average Bonchev–Trinajstić information content (AvgIpc) is 3.04. The molecule has 1 aliphatic carbocycles. The van der Waals surface area contributed by atoms with Gasteiger partial charge in [0.2, 0.25) is 0 Å². The third kappa shape index (κ3) is 5.55. The predicted molar refractivity (Wildman–Crippen MR) is 121 cm³/mol. The number of amides is 1. The molecule has 1 aliphatic rings. The number of nitrogens with one attached hydrogen (secondary N) is 2. The van der Waals surface area contributed by atoms with Crippen LogP contribution in [0.2, 0.25) is 0 Å². The van der Waals surface area contributed by atoms with Gasteiger partial charge in [0.1, 0.15) is 16.8 Å². The number of carbonyl (C=O) groups excluding carboxylic acids is 1. The van der Waals surface area contributed by atoms with Crippen LogP contribution in [0.1, 0.15) is 59.5 Å². The minimum Gasteiger partial charge on any atom is -0.494 e. The molecule has 0 radical (unpaired) electrons. The van der Waals surface area contributed by atoms with Gasteiger partial charge in [0, 0.05) is 10.4 Å². The van der Waals surface area contributed by atoms with Gasteiger partial charge in [-0.05, 0) is 80.1 Å². The Morgan fingerprint density at radius 1 is 1.28 bits per heavy atom. The van der Waals surface area contributed by atoms with Gasteiger partial charge in [-0.2, -0.15) is 5.26 Å². The Morgan fingerprint density at radius 3 is 2.69 bits per heavy atom. The average molecular weight is 428 g/mol. The molecular weight excluding hydrogens is 402 g/mol. The van der Waals surface area contributed by atoms with Gasteiger partial charge in [-0.25, -0.2) is 0 Å². The molecule has 7 heteroatoms. The number of nitrogens with zero attached hydrogens (tertiary/aromatic N) is 1. The highest BCUT2D eigenvalue weighted by Gasteiger charge is 2.21. The van der Waals surface area contributed by atoms with Crippen LogP contribution in [-0.4, -0.2) is 17.6 Å². The van der Waals surface area contributed by atoms with Crippen molar-refractivity contribution in [3.05, 3.63) is 45.8 Å². The Morgan fingerprint density at radius 2 is 2.00 bits per heavy atom. The van der Waals surface area contributed by atoms with Gasteiger partial charge in [0.25, 0.3) is 5.91 Å². The lowest BCUT2D eigenvalue weighted by Gasteiger charge is -2.10. The molecule has 0 spiro atoms. The van der Waals surface area contributed by atoms with Crippen LogP contribution in [0.4, 0.5) is 5.00 Å². The van der Waals surface area contributed by atoms with Crippen molar-refractivity contribution >= 4 is 39.6 Å². The van der Waals surface area contributed by atoms with Crippen molar-refractivity contribution in [1.82, 2.24) is 5.32 Å². The molecule has 0 saturated heterocycles. The molecule has 3 rings (SSSR count). The van der Waals surface area contributed by atoms with Gasteiger partial charge in [-0.3, -0.25) is 10.1 Å². The SMILES string of the molecule is CC(C)CCOc1ccc(C(=O)NC(=S)Nc2sc3c(c2C#N)CCCC3)cc1. The molecule has 0 unspecified atom stereocenters. The second-order valence-corrected chi connectivity index (χ2v) is 9.00. The molecule has 2 aromatic rings. The first-order valence-electron chi connectivity index (χ1n) is 9.87. The Balaban J connectivity index is 1.58. The maximum absolute atomic E-state index is 12.5. The van der Waals surface area contributed by atoms with Crippen molar-refractivity contribution in [2.24, 2.45) is 5.92 Å². The highest BCUT2D eigenvalue weighted by molar-refractivity contribution is 7.80. The van der Waals surface area contributed by atoms with Gasteiger partial charge < -0.3 is 10.1 Å². The number of fused-ring (bicyclic) bond motifs is 1. The lowest BCUT2D eigenvalue weighted by molar-refractivity contribution is 0.0977. The standard InChI is InChI=1S/C22H25N3O2S2/c1-14(2)11-12-27-16-9-7-15(8-10-16)20(26)24-22(28)25-21-18(13-23)17-5-3-4-6-19(17)29-21/h7-10,14H,3-6,11-12H2,1-2H3,(H2,24,25,26,28). The van der Waals surface area contributed by atoms with Gasteiger partial charge in [0.15, 0.2) is 5.11 Å². The topological polar surface area (TPSA) is 74.2 Å². The molecule has 1 aromatic carbocycles. The van der Waals surface area contributed by atoms with E-state index in [2.05, 4.69) is 30.6 Å². The van der Waals surface area contributed by atoms with E-state index < -0.39 is 0 Å². The minimum absolute atomic E-state index is 0.197. The lowest BCUT2D eigenvalue weighted by atomic mass is 9.96. The molecule has 0 saturated carbocycles. The van der Waals surface area contributed by atoms with Crippen LogP contribution in [0.5, 0.6) is 5.75 Å². The summed E-state index contributed by atoms with van der Waals surface area (Å²) in [6.45, 7) is 4.96. The van der Waals surface area contributed by atoms with E-state index >= 15 is 0 Å².